The number of carbonyl (C=O) groups is 5. The van der Waals surface area contributed by atoms with Gasteiger partial charge in [0.1, 0.15) is 30.5 Å². The van der Waals surface area contributed by atoms with E-state index in [0.29, 0.717) is 16.7 Å². The van der Waals surface area contributed by atoms with Crippen molar-refractivity contribution in [2.75, 3.05) is 0 Å². The molecule has 0 amide bonds. The molecule has 1 aromatic carbocycles. The Balaban J connectivity index is 1.92. The van der Waals surface area contributed by atoms with Crippen molar-refractivity contribution >= 4 is 35.7 Å². The molecule has 0 saturated heterocycles. The molecule has 0 aliphatic heterocycles. The molecule has 0 aromatic heterocycles. The second-order valence-corrected chi connectivity index (χ2v) is 13.0. The van der Waals surface area contributed by atoms with Crippen molar-refractivity contribution in [1.29, 1.82) is 0 Å². The first-order chi connectivity index (χ1) is 21.0. The van der Waals surface area contributed by atoms with Gasteiger partial charge >= 0.3 is 23.9 Å². The molecule has 0 spiro atoms. The zero-order valence-electron chi connectivity index (χ0n) is 26.8. The summed E-state index contributed by atoms with van der Waals surface area (Å²) in [6.45, 7) is 15.0. The lowest BCUT2D eigenvalue weighted by Crippen LogP contribution is -2.67. The number of Topliss-reactive ketones (excluding diaryl/α,β-unsaturated/α-hetero) is 1. The predicted molar refractivity (Wildman–Crippen MR) is 163 cm³/mol. The maximum absolute atomic E-state index is 13.4. The first-order valence-corrected chi connectivity index (χ1v) is 15.1. The Morgan fingerprint density at radius 2 is 1.53 bits per heavy atom. The van der Waals surface area contributed by atoms with Crippen LogP contribution in [0, 0.1) is 22.7 Å². The molecule has 5 unspecified atom stereocenters. The van der Waals surface area contributed by atoms with Crippen LogP contribution < -0.4 is 0 Å². The highest BCUT2D eigenvalue weighted by Crippen LogP contribution is 2.60. The van der Waals surface area contributed by atoms with Gasteiger partial charge < -0.3 is 24.1 Å². The highest BCUT2D eigenvalue weighted by Gasteiger charge is 2.67. The van der Waals surface area contributed by atoms with E-state index in [9.17, 15) is 29.1 Å². The van der Waals surface area contributed by atoms with Gasteiger partial charge in [-0.3, -0.25) is 19.2 Å². The van der Waals surface area contributed by atoms with Gasteiger partial charge in [-0.25, -0.2) is 4.79 Å². The lowest BCUT2D eigenvalue weighted by atomic mass is 9.48. The van der Waals surface area contributed by atoms with Crippen molar-refractivity contribution in [2.45, 2.75) is 91.8 Å². The molecule has 0 radical (unpaired) electrons. The molecule has 45 heavy (non-hydrogen) atoms. The summed E-state index contributed by atoms with van der Waals surface area (Å²) in [6, 6.07) is 9.15. The van der Waals surface area contributed by atoms with Gasteiger partial charge in [0.05, 0.1) is 5.41 Å². The minimum atomic E-state index is -1.49. The van der Waals surface area contributed by atoms with Gasteiger partial charge in [0, 0.05) is 51.5 Å². The molecule has 3 aliphatic carbocycles. The molecular weight excluding hydrogens is 580 g/mol. The van der Waals surface area contributed by atoms with E-state index in [1.54, 1.807) is 19.9 Å². The Kier molecular flexibility index (Phi) is 9.59. The summed E-state index contributed by atoms with van der Waals surface area (Å²) in [6.07, 6.45) is -3.25. The summed E-state index contributed by atoms with van der Waals surface area (Å²) in [5, 5.41) is 12.1. The third-order valence-electron chi connectivity index (χ3n) is 9.75. The molecule has 4 rings (SSSR count). The number of ether oxygens (including phenoxy) is 4. The van der Waals surface area contributed by atoms with Gasteiger partial charge in [-0.15, -0.1) is 0 Å². The number of ketones is 1. The average Bonchev–Trinajstić information content (AvgIpc) is 2.94. The standard InChI is InChI=1S/C35H42O10/c1-18-25(39)16-24-32(43-21(4)37)30-19(2)26(45-28(40)15-14-23-12-10-9-11-13-23)17-27(42-20(3)36)35(30,8)33(44-22(5)38)31(41)29(18)34(24,6)7/h9-15,24,26-27,30-33,41H,2,16-17H2,1,3-8H3/b15-14+/t24-,26?,27?,30-,31?,32?,33?,35+/m0/s1. The Bertz CT molecular complexity index is 1450. The van der Waals surface area contributed by atoms with E-state index in [1.165, 1.54) is 26.8 Å². The predicted octanol–water partition coefficient (Wildman–Crippen LogP) is 4.30. The minimum Gasteiger partial charge on any atom is -0.462 e. The summed E-state index contributed by atoms with van der Waals surface area (Å²) in [5.74, 6) is -4.60. The van der Waals surface area contributed by atoms with Crippen LogP contribution >= 0.6 is 0 Å². The van der Waals surface area contributed by atoms with Gasteiger partial charge in [0.25, 0.3) is 0 Å². The lowest BCUT2D eigenvalue weighted by molar-refractivity contribution is -0.224. The van der Waals surface area contributed by atoms with Crippen LogP contribution in [0.5, 0.6) is 0 Å². The summed E-state index contributed by atoms with van der Waals surface area (Å²) >= 11 is 0. The average molecular weight is 623 g/mol. The monoisotopic (exact) mass is 622 g/mol. The molecule has 1 aromatic rings. The smallest absolute Gasteiger partial charge is 0.331 e. The van der Waals surface area contributed by atoms with Crippen molar-refractivity contribution in [1.82, 2.24) is 0 Å². The highest BCUT2D eigenvalue weighted by molar-refractivity contribution is 5.97. The summed E-state index contributed by atoms with van der Waals surface area (Å²) in [4.78, 5) is 64.4. The number of esters is 4. The molecule has 242 valence electrons. The SMILES string of the molecule is C=C1C(OC(=O)/C=C/c2ccccc2)CC(OC(C)=O)[C@@]2(C)C(OC(C)=O)C(O)C3=C(C)C(=O)C[C@@H](C(OC(C)=O)[C@H]12)C3(C)C. The fraction of sp³-hybridized carbons (Fsp3) is 0.514. The summed E-state index contributed by atoms with van der Waals surface area (Å²) in [7, 11) is 0. The highest BCUT2D eigenvalue weighted by atomic mass is 16.6. The Labute approximate surface area is 263 Å². The van der Waals surface area contributed by atoms with Gasteiger partial charge in [0.2, 0.25) is 0 Å². The molecule has 1 N–H and O–H groups in total. The Morgan fingerprint density at radius 3 is 2.11 bits per heavy atom. The molecule has 2 fully saturated rings. The Morgan fingerprint density at radius 1 is 0.933 bits per heavy atom. The molecule has 10 heteroatoms. The molecule has 8 atom stereocenters. The number of carbonyl (C=O) groups excluding carboxylic acids is 5. The minimum absolute atomic E-state index is 0.00636. The van der Waals surface area contributed by atoms with Crippen LogP contribution in [-0.2, 0) is 42.9 Å². The van der Waals surface area contributed by atoms with Crippen LogP contribution in [0.4, 0.5) is 0 Å². The van der Waals surface area contributed by atoms with Gasteiger partial charge in [0.15, 0.2) is 5.78 Å². The number of fused-ring (bicyclic) bond motifs is 3. The number of hydrogen-bond donors (Lipinski definition) is 1. The van der Waals surface area contributed by atoms with E-state index in [-0.39, 0.29) is 18.6 Å². The summed E-state index contributed by atoms with van der Waals surface area (Å²) in [5.41, 5.74) is -0.581. The van der Waals surface area contributed by atoms with Gasteiger partial charge in [-0.1, -0.05) is 57.7 Å². The molecule has 2 bridgehead atoms. The normalized spacial score (nSPS) is 32.6. The van der Waals surface area contributed by atoms with Crippen molar-refractivity contribution < 1.29 is 48.0 Å². The number of aliphatic hydroxyl groups excluding tert-OH is 1. The second-order valence-electron chi connectivity index (χ2n) is 13.0. The lowest BCUT2D eigenvalue weighted by Gasteiger charge is -2.60. The van der Waals surface area contributed by atoms with Crippen LogP contribution in [0.2, 0.25) is 0 Å². The van der Waals surface area contributed by atoms with Crippen LogP contribution in [0.15, 0.2) is 59.7 Å². The van der Waals surface area contributed by atoms with Crippen LogP contribution in [0.25, 0.3) is 6.08 Å². The van der Waals surface area contributed by atoms with E-state index in [1.807, 2.05) is 44.2 Å². The van der Waals surface area contributed by atoms with Gasteiger partial charge in [-0.2, -0.15) is 0 Å². The first-order valence-electron chi connectivity index (χ1n) is 15.1. The van der Waals surface area contributed by atoms with Crippen molar-refractivity contribution in [2.24, 2.45) is 22.7 Å². The van der Waals surface area contributed by atoms with E-state index in [0.717, 1.165) is 5.56 Å². The number of benzene rings is 1. The molecule has 0 heterocycles. The number of allylic oxidation sites excluding steroid dienone is 1. The number of rotatable bonds is 6. The van der Waals surface area contributed by atoms with Crippen LogP contribution in [0.3, 0.4) is 0 Å². The zero-order valence-corrected chi connectivity index (χ0v) is 26.8. The molecule has 3 aliphatic rings. The van der Waals surface area contributed by atoms with E-state index in [4.69, 9.17) is 18.9 Å². The van der Waals surface area contributed by atoms with Crippen LogP contribution in [-0.4, -0.2) is 65.3 Å². The van der Waals surface area contributed by atoms with Crippen molar-refractivity contribution in [3.8, 4) is 0 Å². The number of aliphatic hydroxyl groups is 1. The van der Waals surface area contributed by atoms with Crippen LogP contribution in [0.1, 0.15) is 66.9 Å². The number of hydrogen-bond acceptors (Lipinski definition) is 10. The topological polar surface area (TPSA) is 143 Å². The zero-order chi connectivity index (χ0) is 33.4. The van der Waals surface area contributed by atoms with E-state index < -0.39 is 77.1 Å². The second kappa shape index (κ2) is 12.7. The molecule has 10 nitrogen and oxygen atoms in total. The van der Waals surface area contributed by atoms with E-state index >= 15 is 0 Å². The third-order valence-corrected chi connectivity index (χ3v) is 9.75. The molecule has 2 saturated carbocycles. The quantitative estimate of drug-likeness (QED) is 0.211. The fourth-order valence-corrected chi connectivity index (χ4v) is 7.74. The largest absolute Gasteiger partial charge is 0.462 e. The third kappa shape index (κ3) is 6.38. The van der Waals surface area contributed by atoms with Crippen molar-refractivity contribution in [3.05, 3.63) is 65.3 Å². The first kappa shape index (κ1) is 33.8. The molecular formula is C35H42O10. The maximum atomic E-state index is 13.4. The summed E-state index contributed by atoms with van der Waals surface area (Å²) < 4.78 is 23.7. The van der Waals surface area contributed by atoms with E-state index in [2.05, 4.69) is 6.58 Å². The maximum Gasteiger partial charge on any atom is 0.331 e. The van der Waals surface area contributed by atoms with Gasteiger partial charge in [-0.05, 0) is 40.7 Å². The fourth-order valence-electron chi connectivity index (χ4n) is 7.74. The van der Waals surface area contributed by atoms with Crippen molar-refractivity contribution in [3.63, 3.8) is 0 Å². The Hall–Kier alpha value is -4.05.